The number of nitrogens with two attached hydrogens (primary N) is 1. The van der Waals surface area contributed by atoms with Gasteiger partial charge >= 0.3 is 19.8 Å². The number of allylic oxidation sites excluding steroid dienone is 28. The van der Waals surface area contributed by atoms with Crippen LogP contribution >= 0.6 is 7.82 Å². The smallest absolute Gasteiger partial charge is 0.462 e. The van der Waals surface area contributed by atoms with Gasteiger partial charge in [0.15, 0.2) is 6.10 Å². The van der Waals surface area contributed by atoms with E-state index in [0.717, 1.165) is 135 Å². The van der Waals surface area contributed by atoms with Gasteiger partial charge in [-0.1, -0.05) is 312 Å². The zero-order valence-electron chi connectivity index (χ0n) is 56.6. The molecule has 10 heteroatoms. The number of phosphoric acid groups is 1. The molecule has 2 unspecified atom stereocenters. The Morgan fingerprint density at radius 2 is 0.584 bits per heavy atom. The van der Waals surface area contributed by atoms with Gasteiger partial charge in [0.25, 0.3) is 0 Å². The number of phosphoric ester groups is 1. The minimum absolute atomic E-state index is 0.0456. The van der Waals surface area contributed by atoms with Crippen LogP contribution in [0, 0.1) is 0 Å². The Morgan fingerprint density at radius 3 is 0.865 bits per heavy atom. The second-order valence-electron chi connectivity index (χ2n) is 23.0. The first kappa shape index (κ1) is 84.4. The van der Waals surface area contributed by atoms with Crippen LogP contribution in [-0.4, -0.2) is 49.3 Å². The summed E-state index contributed by atoms with van der Waals surface area (Å²) in [6.45, 7) is 3.51. The Balaban J connectivity index is 3.94. The topological polar surface area (TPSA) is 134 Å². The standard InChI is InChI=1S/C79H130NO8P/c1-3-5-7-9-11-13-15-17-19-21-23-25-27-29-31-33-34-35-36-37-38-39-40-41-42-44-46-48-50-52-54-56-58-60-62-64-66-68-70-72-79(82)88-77(76-87-89(83,84)86-74-73-80)75-85-78(81)71-69-67-65-63-61-59-57-55-53-51-49-47-45-43-32-30-28-26-24-22-20-18-16-14-12-10-8-6-4-2/h5-8,11-14,17-20,23-26,29-32,34-35,37-38,40-41,44,46,77H,3-4,9-10,15-16,21-22,27-28,33,36,39,42-43,45,47-76,80H2,1-2H3,(H,83,84)/b7-5-,8-6-,13-11-,14-12-,19-17-,20-18-,25-23-,26-24-,31-29-,32-30-,35-34-,38-37-,41-40-,46-44-. The Labute approximate surface area is 546 Å². The molecule has 9 nitrogen and oxygen atoms in total. The van der Waals surface area contributed by atoms with Crippen molar-refractivity contribution in [1.29, 1.82) is 0 Å². The molecule has 0 aliphatic rings. The number of unbranched alkanes of at least 4 members (excludes halogenated alkanes) is 24. The molecule has 3 N–H and O–H groups in total. The largest absolute Gasteiger partial charge is 0.472 e. The zero-order valence-corrected chi connectivity index (χ0v) is 57.5. The highest BCUT2D eigenvalue weighted by atomic mass is 31.2. The molecule has 0 saturated carbocycles. The van der Waals surface area contributed by atoms with Crippen molar-refractivity contribution in [1.82, 2.24) is 0 Å². The number of hydrogen-bond acceptors (Lipinski definition) is 8. The molecule has 0 aromatic heterocycles. The molecule has 0 heterocycles. The van der Waals surface area contributed by atoms with Crippen molar-refractivity contribution in [3.05, 3.63) is 170 Å². The van der Waals surface area contributed by atoms with Gasteiger partial charge in [-0.05, 0) is 128 Å². The molecule has 0 saturated heterocycles. The summed E-state index contributed by atoms with van der Waals surface area (Å²) in [5.74, 6) is -0.837. The van der Waals surface area contributed by atoms with E-state index >= 15 is 0 Å². The fraction of sp³-hybridized carbons (Fsp3) is 0.620. The molecule has 0 rings (SSSR count). The van der Waals surface area contributed by atoms with Crippen molar-refractivity contribution in [3.63, 3.8) is 0 Å². The van der Waals surface area contributed by atoms with Gasteiger partial charge < -0.3 is 20.1 Å². The van der Waals surface area contributed by atoms with Crippen molar-refractivity contribution < 1.29 is 37.6 Å². The molecule has 0 spiro atoms. The fourth-order valence-corrected chi connectivity index (χ4v) is 10.2. The molecule has 0 amide bonds. The summed E-state index contributed by atoms with van der Waals surface area (Å²) in [6, 6.07) is 0. The molecule has 0 aromatic carbocycles. The van der Waals surface area contributed by atoms with Gasteiger partial charge in [0.1, 0.15) is 6.61 Å². The second kappa shape index (κ2) is 72.4. The van der Waals surface area contributed by atoms with E-state index in [-0.39, 0.29) is 38.6 Å². The minimum Gasteiger partial charge on any atom is -0.462 e. The van der Waals surface area contributed by atoms with Crippen molar-refractivity contribution in [2.75, 3.05) is 26.4 Å². The molecular formula is C79H130NO8P. The maximum Gasteiger partial charge on any atom is 0.472 e. The average molecular weight is 1250 g/mol. The lowest BCUT2D eigenvalue weighted by atomic mass is 10.0. The first-order valence-corrected chi connectivity index (χ1v) is 37.1. The Kier molecular flexibility index (Phi) is 68.7. The van der Waals surface area contributed by atoms with E-state index in [2.05, 4.69) is 184 Å². The van der Waals surface area contributed by atoms with Crippen LogP contribution in [0.15, 0.2) is 170 Å². The lowest BCUT2D eigenvalue weighted by molar-refractivity contribution is -0.161. The third kappa shape index (κ3) is 72.3. The molecule has 0 aromatic rings. The average Bonchev–Trinajstić information content (AvgIpc) is 3.68. The van der Waals surface area contributed by atoms with Crippen LogP contribution in [0.4, 0.5) is 0 Å². The van der Waals surface area contributed by atoms with Crippen molar-refractivity contribution in [2.45, 2.75) is 290 Å². The molecule has 0 fully saturated rings. The summed E-state index contributed by atoms with van der Waals surface area (Å²) in [7, 11) is -4.41. The molecule has 0 bridgehead atoms. The predicted octanol–water partition coefficient (Wildman–Crippen LogP) is 23.7. The van der Waals surface area contributed by atoms with Gasteiger partial charge in [0, 0.05) is 19.4 Å². The summed E-state index contributed by atoms with van der Waals surface area (Å²) in [6.07, 6.45) is 107. The highest BCUT2D eigenvalue weighted by Crippen LogP contribution is 2.43. The van der Waals surface area contributed by atoms with Gasteiger partial charge in [0.2, 0.25) is 0 Å². The van der Waals surface area contributed by atoms with Crippen LogP contribution in [0.25, 0.3) is 0 Å². The maximum atomic E-state index is 12.8. The van der Waals surface area contributed by atoms with Crippen LogP contribution in [0.2, 0.25) is 0 Å². The van der Waals surface area contributed by atoms with Crippen LogP contribution in [0.5, 0.6) is 0 Å². The summed E-state index contributed by atoms with van der Waals surface area (Å²) in [5, 5.41) is 0. The van der Waals surface area contributed by atoms with Crippen LogP contribution in [0.1, 0.15) is 284 Å². The summed E-state index contributed by atoms with van der Waals surface area (Å²) in [4.78, 5) is 35.4. The maximum absolute atomic E-state index is 12.8. The van der Waals surface area contributed by atoms with Gasteiger partial charge in [-0.25, -0.2) is 4.57 Å². The van der Waals surface area contributed by atoms with E-state index in [9.17, 15) is 19.0 Å². The summed E-state index contributed by atoms with van der Waals surface area (Å²) >= 11 is 0. The number of rotatable bonds is 65. The Morgan fingerprint density at radius 1 is 0.337 bits per heavy atom. The predicted molar refractivity (Wildman–Crippen MR) is 385 cm³/mol. The number of carbonyl (C=O) groups is 2. The number of carbonyl (C=O) groups excluding carboxylic acids is 2. The number of ether oxygens (including phenoxy) is 2. The van der Waals surface area contributed by atoms with Crippen LogP contribution in [0.3, 0.4) is 0 Å². The van der Waals surface area contributed by atoms with Gasteiger partial charge in [0.05, 0.1) is 13.2 Å². The van der Waals surface area contributed by atoms with Crippen LogP contribution < -0.4 is 5.73 Å². The SMILES string of the molecule is CC/C=C\C/C=C\C/C=C\C/C=C\C/C=C\C/C=C\C/C=C\C/C=C\C/C=C\CCCCCCCCCCCCCC(=O)OC(COC(=O)CCCCCCCCCCCCCCC/C=C\C/C=C\C/C=C\C/C=C\C/C=C\CC)COP(=O)(O)OCCN. The second-order valence-corrected chi connectivity index (χ2v) is 24.4. The minimum atomic E-state index is -4.41. The molecule has 0 aliphatic carbocycles. The van der Waals surface area contributed by atoms with Gasteiger partial charge in [-0.2, -0.15) is 0 Å². The number of hydrogen-bond donors (Lipinski definition) is 2. The van der Waals surface area contributed by atoms with E-state index in [4.69, 9.17) is 24.3 Å². The quantitative estimate of drug-likeness (QED) is 0.0264. The van der Waals surface area contributed by atoms with E-state index in [1.165, 1.54) is 116 Å². The van der Waals surface area contributed by atoms with E-state index in [0.29, 0.717) is 6.42 Å². The fourth-order valence-electron chi connectivity index (χ4n) is 9.42. The molecule has 0 radical (unpaired) electrons. The highest BCUT2D eigenvalue weighted by Gasteiger charge is 2.26. The Hall–Kier alpha value is -4.63. The number of esters is 2. The van der Waals surface area contributed by atoms with Crippen molar-refractivity contribution in [2.24, 2.45) is 5.73 Å². The lowest BCUT2D eigenvalue weighted by Gasteiger charge is -2.19. The first-order valence-electron chi connectivity index (χ1n) is 35.6. The first-order chi connectivity index (χ1) is 43.8. The zero-order chi connectivity index (χ0) is 64.4. The van der Waals surface area contributed by atoms with E-state index < -0.39 is 26.5 Å². The molecule has 0 aliphatic heterocycles. The summed E-state index contributed by atoms with van der Waals surface area (Å²) in [5.41, 5.74) is 5.40. The van der Waals surface area contributed by atoms with Crippen molar-refractivity contribution in [3.8, 4) is 0 Å². The molecular weight excluding hydrogens is 1120 g/mol. The normalized spacial score (nSPS) is 14.0. The molecule has 89 heavy (non-hydrogen) atoms. The molecule has 2 atom stereocenters. The monoisotopic (exact) mass is 1250 g/mol. The lowest BCUT2D eigenvalue weighted by Crippen LogP contribution is -2.29. The Bertz CT molecular complexity index is 2070. The molecule has 504 valence electrons. The third-order valence-corrected chi connectivity index (χ3v) is 15.6. The van der Waals surface area contributed by atoms with Crippen LogP contribution in [-0.2, 0) is 32.7 Å². The van der Waals surface area contributed by atoms with Gasteiger partial charge in [-0.15, -0.1) is 0 Å². The van der Waals surface area contributed by atoms with Gasteiger partial charge in [-0.3, -0.25) is 18.6 Å². The van der Waals surface area contributed by atoms with E-state index in [1.54, 1.807) is 0 Å². The van der Waals surface area contributed by atoms with E-state index in [1.807, 2.05) is 0 Å². The third-order valence-electron chi connectivity index (χ3n) is 14.6. The van der Waals surface area contributed by atoms with Crippen molar-refractivity contribution >= 4 is 19.8 Å². The summed E-state index contributed by atoms with van der Waals surface area (Å²) < 4.78 is 33.2. The highest BCUT2D eigenvalue weighted by molar-refractivity contribution is 7.47.